The molecule has 1 aliphatic heterocycles. The fraction of sp³-hybridized carbons (Fsp3) is 0.154. The maximum Gasteiger partial charge on any atom is 0.339 e. The Morgan fingerprint density at radius 3 is 2.38 bits per heavy atom. The second-order valence-corrected chi connectivity index (χ2v) is 12.1. The van der Waals surface area contributed by atoms with Crippen LogP contribution in [0.2, 0.25) is 5.02 Å². The number of thioether (sulfide) groups is 1. The van der Waals surface area contributed by atoms with E-state index in [0.717, 1.165) is 22.9 Å². The molecule has 0 aromatic heterocycles. The summed E-state index contributed by atoms with van der Waals surface area (Å²) in [6.07, 6.45) is 1.58. The Morgan fingerprint density at radius 2 is 1.73 bits per heavy atom. The van der Waals surface area contributed by atoms with Gasteiger partial charge in [0.1, 0.15) is 4.90 Å². The third-order valence-electron chi connectivity index (χ3n) is 5.26. The van der Waals surface area contributed by atoms with E-state index in [9.17, 15) is 18.0 Å². The Labute approximate surface area is 238 Å². The third-order valence-corrected chi connectivity index (χ3v) is 8.46. The Morgan fingerprint density at radius 1 is 1.05 bits per heavy atom. The van der Waals surface area contributed by atoms with E-state index in [0.29, 0.717) is 14.2 Å². The number of amides is 2. The minimum absolute atomic E-state index is 0.0230. The van der Waals surface area contributed by atoms with Gasteiger partial charge in [-0.2, -0.15) is 8.42 Å². The van der Waals surface area contributed by atoms with Crippen LogP contribution in [0, 0.1) is 10.5 Å². The molecule has 3 aromatic carbocycles. The summed E-state index contributed by atoms with van der Waals surface area (Å²) in [5.41, 5.74) is 2.26. The number of benzene rings is 3. The molecule has 1 heterocycles. The fourth-order valence-electron chi connectivity index (χ4n) is 3.44. The highest BCUT2D eigenvalue weighted by molar-refractivity contribution is 14.1. The highest BCUT2D eigenvalue weighted by atomic mass is 127. The summed E-state index contributed by atoms with van der Waals surface area (Å²) in [6.45, 7) is 4.01. The van der Waals surface area contributed by atoms with E-state index >= 15 is 0 Å². The number of ether oxygens (including phenoxy) is 1. The van der Waals surface area contributed by atoms with Crippen LogP contribution in [-0.2, 0) is 21.5 Å². The first-order chi connectivity index (χ1) is 17.6. The van der Waals surface area contributed by atoms with Gasteiger partial charge in [0.25, 0.3) is 11.1 Å². The van der Waals surface area contributed by atoms with Gasteiger partial charge in [0.05, 0.1) is 21.6 Å². The van der Waals surface area contributed by atoms with Crippen LogP contribution in [-0.4, -0.2) is 31.1 Å². The average Bonchev–Trinajstić information content (AvgIpc) is 3.10. The largest absolute Gasteiger partial charge is 0.490 e. The number of hydrogen-bond donors (Lipinski definition) is 0. The van der Waals surface area contributed by atoms with E-state index in [2.05, 4.69) is 0 Å². The predicted octanol–water partition coefficient (Wildman–Crippen LogP) is 6.66. The summed E-state index contributed by atoms with van der Waals surface area (Å²) >= 11 is 8.71. The number of rotatable bonds is 8. The minimum atomic E-state index is -4.10. The van der Waals surface area contributed by atoms with E-state index in [1.54, 1.807) is 61.5 Å². The Kier molecular flexibility index (Phi) is 8.52. The number of nitrogens with zero attached hydrogens (tertiary/aromatic N) is 1. The molecule has 192 valence electrons. The molecule has 1 saturated heterocycles. The van der Waals surface area contributed by atoms with Gasteiger partial charge in [-0.05, 0) is 102 Å². The molecular weight excluding hydrogens is 649 g/mol. The van der Waals surface area contributed by atoms with Gasteiger partial charge in [0.15, 0.2) is 11.5 Å². The van der Waals surface area contributed by atoms with Crippen molar-refractivity contribution in [2.75, 3.05) is 6.61 Å². The third kappa shape index (κ3) is 6.49. The van der Waals surface area contributed by atoms with Crippen molar-refractivity contribution in [3.05, 3.63) is 90.9 Å². The summed E-state index contributed by atoms with van der Waals surface area (Å²) < 4.78 is 37.4. The van der Waals surface area contributed by atoms with Crippen LogP contribution in [0.15, 0.2) is 70.5 Å². The highest BCUT2D eigenvalue weighted by Crippen LogP contribution is 2.39. The molecule has 2 amide bonds. The molecule has 7 nitrogen and oxygen atoms in total. The van der Waals surface area contributed by atoms with E-state index in [-0.39, 0.29) is 39.7 Å². The lowest BCUT2D eigenvalue weighted by molar-refractivity contribution is -0.123. The van der Waals surface area contributed by atoms with Crippen LogP contribution in [0.25, 0.3) is 6.08 Å². The van der Waals surface area contributed by atoms with E-state index in [1.807, 2.05) is 29.5 Å². The normalized spacial score (nSPS) is 14.9. The van der Waals surface area contributed by atoms with E-state index < -0.39 is 16.0 Å². The van der Waals surface area contributed by atoms with E-state index in [4.69, 9.17) is 20.5 Å². The van der Waals surface area contributed by atoms with E-state index in [1.165, 1.54) is 17.0 Å². The van der Waals surface area contributed by atoms with Crippen LogP contribution >= 0.6 is 46.0 Å². The molecule has 1 aliphatic rings. The number of hydrogen-bond acceptors (Lipinski definition) is 7. The second kappa shape index (κ2) is 11.5. The zero-order valence-electron chi connectivity index (χ0n) is 19.7. The average molecular weight is 670 g/mol. The number of halogens is 2. The first-order valence-corrected chi connectivity index (χ1v) is 14.7. The Hall–Kier alpha value is -2.54. The van der Waals surface area contributed by atoms with Gasteiger partial charge in [-0.25, -0.2) is 0 Å². The fourth-order valence-corrected chi connectivity index (χ4v) is 6.24. The lowest BCUT2D eigenvalue weighted by Gasteiger charge is -2.15. The molecule has 4 rings (SSSR count). The molecule has 0 atom stereocenters. The zero-order valence-corrected chi connectivity index (χ0v) is 24.3. The number of imide groups is 1. The van der Waals surface area contributed by atoms with Crippen molar-refractivity contribution >= 4 is 73.3 Å². The molecule has 1 fully saturated rings. The van der Waals surface area contributed by atoms with Crippen molar-refractivity contribution in [3.8, 4) is 11.5 Å². The van der Waals surface area contributed by atoms with Gasteiger partial charge in [-0.1, -0.05) is 41.4 Å². The molecule has 37 heavy (non-hydrogen) atoms. The molecule has 0 unspecified atom stereocenters. The Balaban J connectivity index is 1.61. The van der Waals surface area contributed by atoms with Gasteiger partial charge in [-0.15, -0.1) is 0 Å². The van der Waals surface area contributed by atoms with Gasteiger partial charge in [-0.3, -0.25) is 14.5 Å². The van der Waals surface area contributed by atoms with Crippen molar-refractivity contribution in [2.24, 2.45) is 0 Å². The standard InChI is InChI=1S/C26H21ClINO6S2/c1-3-34-22-13-18(12-21(28)24(22)35-37(32,33)20-10-4-16(2)5-11-20)14-23-25(30)29(26(31)36-23)15-17-6-8-19(27)9-7-17/h4-14H,3,15H2,1-2H3/b23-14-. The van der Waals surface area contributed by atoms with Crippen molar-refractivity contribution in [1.82, 2.24) is 4.90 Å². The molecule has 0 aliphatic carbocycles. The van der Waals surface area contributed by atoms with Crippen molar-refractivity contribution < 1.29 is 26.9 Å². The number of aryl methyl sites for hydroxylation is 1. The summed E-state index contributed by atoms with van der Waals surface area (Å²) in [4.78, 5) is 27.0. The summed E-state index contributed by atoms with van der Waals surface area (Å²) in [5, 5.41) is 0.187. The molecular formula is C26H21ClINO6S2. The van der Waals surface area contributed by atoms with Gasteiger partial charge in [0, 0.05) is 5.02 Å². The quantitative estimate of drug-likeness (QED) is 0.151. The van der Waals surface area contributed by atoms with Crippen molar-refractivity contribution in [1.29, 1.82) is 0 Å². The van der Waals surface area contributed by atoms with Crippen LogP contribution in [0.5, 0.6) is 11.5 Å². The zero-order chi connectivity index (χ0) is 26.7. The maximum atomic E-state index is 13.0. The Bertz CT molecular complexity index is 1490. The minimum Gasteiger partial charge on any atom is -0.490 e. The summed E-state index contributed by atoms with van der Waals surface area (Å²) in [6, 6.07) is 16.5. The summed E-state index contributed by atoms with van der Waals surface area (Å²) in [5.74, 6) is -0.159. The van der Waals surface area contributed by atoms with Crippen LogP contribution < -0.4 is 8.92 Å². The van der Waals surface area contributed by atoms with Crippen molar-refractivity contribution in [3.63, 3.8) is 0 Å². The van der Waals surface area contributed by atoms with Crippen LogP contribution in [0.4, 0.5) is 4.79 Å². The highest BCUT2D eigenvalue weighted by Gasteiger charge is 2.35. The smallest absolute Gasteiger partial charge is 0.339 e. The molecule has 0 saturated carbocycles. The first kappa shape index (κ1) is 27.5. The molecule has 0 bridgehead atoms. The monoisotopic (exact) mass is 669 g/mol. The molecule has 0 N–H and O–H groups in total. The SMILES string of the molecule is CCOc1cc(/C=C2\SC(=O)N(Cc3ccc(Cl)cc3)C2=O)cc(I)c1OS(=O)(=O)c1ccc(C)cc1. The van der Waals surface area contributed by atoms with Crippen LogP contribution in [0.3, 0.4) is 0 Å². The molecule has 3 aromatic rings. The maximum absolute atomic E-state index is 13.0. The topological polar surface area (TPSA) is 90.0 Å². The lowest BCUT2D eigenvalue weighted by Crippen LogP contribution is -2.27. The lowest BCUT2D eigenvalue weighted by atomic mass is 10.1. The van der Waals surface area contributed by atoms with Gasteiger partial charge >= 0.3 is 10.1 Å². The molecule has 0 radical (unpaired) electrons. The molecule has 11 heteroatoms. The number of carbonyl (C=O) groups excluding carboxylic acids is 2. The van der Waals surface area contributed by atoms with Gasteiger partial charge < -0.3 is 8.92 Å². The predicted molar refractivity (Wildman–Crippen MR) is 152 cm³/mol. The molecule has 0 spiro atoms. The summed E-state index contributed by atoms with van der Waals surface area (Å²) in [7, 11) is -4.10. The second-order valence-electron chi connectivity index (χ2n) is 8.01. The van der Waals surface area contributed by atoms with Crippen molar-refractivity contribution in [2.45, 2.75) is 25.3 Å². The number of carbonyl (C=O) groups is 2. The first-order valence-electron chi connectivity index (χ1n) is 11.0. The van der Waals surface area contributed by atoms with Crippen LogP contribution in [0.1, 0.15) is 23.6 Å². The van der Waals surface area contributed by atoms with Gasteiger partial charge in [0.2, 0.25) is 0 Å².